The number of amides is 2. The van der Waals surface area contributed by atoms with Crippen molar-refractivity contribution in [1.29, 1.82) is 0 Å². The van der Waals surface area contributed by atoms with Crippen LogP contribution in [0.5, 0.6) is 5.75 Å². The van der Waals surface area contributed by atoms with E-state index in [9.17, 15) is 9.59 Å². The summed E-state index contributed by atoms with van der Waals surface area (Å²) in [6.45, 7) is 2.44. The molecule has 0 saturated carbocycles. The normalized spacial score (nSPS) is 10.1. The molecular weight excluding hydrogens is 328 g/mol. The van der Waals surface area contributed by atoms with Gasteiger partial charge in [-0.1, -0.05) is 29.3 Å². The van der Waals surface area contributed by atoms with Crippen molar-refractivity contribution >= 4 is 23.4 Å². The van der Waals surface area contributed by atoms with E-state index in [2.05, 4.69) is 10.9 Å². The molecule has 0 aliphatic carbocycles. The molecule has 126 valence electrons. The fraction of sp³-hybridized carbons (Fsp3) is 0.222. The third-order valence-electron chi connectivity index (χ3n) is 3.26. The maximum Gasteiger partial charge on any atom is 0.269 e. The number of hydrazine groups is 1. The van der Waals surface area contributed by atoms with Crippen molar-refractivity contribution in [3.8, 4) is 5.75 Å². The first-order valence-electron chi connectivity index (χ1n) is 7.59. The number of ether oxygens (including phenoxy) is 1. The van der Waals surface area contributed by atoms with Crippen molar-refractivity contribution in [2.45, 2.75) is 19.8 Å². The number of aryl methyl sites for hydroxylation is 1. The van der Waals surface area contributed by atoms with Crippen LogP contribution < -0.4 is 15.6 Å². The van der Waals surface area contributed by atoms with E-state index in [4.69, 9.17) is 16.3 Å². The standard InChI is InChI=1S/C18H19ClN2O3/c1-13-4-10-16(11-5-13)24-12-2-3-17(22)20-21-18(23)14-6-8-15(19)9-7-14/h4-11H,2-3,12H2,1H3,(H,20,22)(H,21,23). The minimum Gasteiger partial charge on any atom is -0.494 e. The van der Waals surface area contributed by atoms with Crippen LogP contribution in [-0.4, -0.2) is 18.4 Å². The number of benzene rings is 2. The molecule has 0 unspecified atom stereocenters. The van der Waals surface area contributed by atoms with Crippen LogP contribution >= 0.6 is 11.6 Å². The lowest BCUT2D eigenvalue weighted by atomic mass is 10.2. The van der Waals surface area contributed by atoms with Gasteiger partial charge < -0.3 is 4.74 Å². The predicted octanol–water partition coefficient (Wildman–Crippen LogP) is 3.27. The number of hydrogen-bond acceptors (Lipinski definition) is 3. The summed E-state index contributed by atoms with van der Waals surface area (Å²) in [6, 6.07) is 14.1. The molecular formula is C18H19ClN2O3. The molecule has 0 radical (unpaired) electrons. The summed E-state index contributed by atoms with van der Waals surface area (Å²) in [5.74, 6) is 0.109. The van der Waals surface area contributed by atoms with Gasteiger partial charge in [-0.2, -0.15) is 0 Å². The first kappa shape index (κ1) is 17.8. The molecule has 0 bridgehead atoms. The lowest BCUT2D eigenvalue weighted by molar-refractivity contribution is -0.122. The Labute approximate surface area is 145 Å². The second kappa shape index (κ2) is 8.93. The molecule has 0 spiro atoms. The van der Waals surface area contributed by atoms with Crippen LogP contribution in [-0.2, 0) is 4.79 Å². The highest BCUT2D eigenvalue weighted by molar-refractivity contribution is 6.30. The first-order chi connectivity index (χ1) is 11.5. The van der Waals surface area contributed by atoms with E-state index in [1.54, 1.807) is 24.3 Å². The van der Waals surface area contributed by atoms with E-state index >= 15 is 0 Å². The minimum atomic E-state index is -0.393. The molecule has 0 heterocycles. The van der Waals surface area contributed by atoms with Gasteiger partial charge in [-0.3, -0.25) is 20.4 Å². The molecule has 2 amide bonds. The number of halogens is 1. The van der Waals surface area contributed by atoms with Crippen LogP contribution in [0.4, 0.5) is 0 Å². The topological polar surface area (TPSA) is 67.4 Å². The predicted molar refractivity (Wildman–Crippen MR) is 93.0 cm³/mol. The second-order valence-electron chi connectivity index (χ2n) is 5.27. The van der Waals surface area contributed by atoms with Gasteiger partial charge in [0, 0.05) is 17.0 Å². The van der Waals surface area contributed by atoms with Crippen LogP contribution in [0.2, 0.25) is 5.02 Å². The summed E-state index contributed by atoms with van der Waals surface area (Å²) in [6.07, 6.45) is 0.809. The Bertz CT molecular complexity index is 684. The van der Waals surface area contributed by atoms with Crippen molar-refractivity contribution < 1.29 is 14.3 Å². The zero-order valence-electron chi connectivity index (χ0n) is 13.3. The second-order valence-corrected chi connectivity index (χ2v) is 5.71. The van der Waals surface area contributed by atoms with E-state index in [0.717, 1.165) is 11.3 Å². The monoisotopic (exact) mass is 346 g/mol. The molecule has 2 rings (SSSR count). The molecule has 2 aromatic rings. The van der Waals surface area contributed by atoms with Gasteiger partial charge in [-0.25, -0.2) is 0 Å². The number of nitrogens with one attached hydrogen (secondary N) is 2. The largest absolute Gasteiger partial charge is 0.494 e. The summed E-state index contributed by atoms with van der Waals surface area (Å²) < 4.78 is 5.54. The lowest BCUT2D eigenvalue weighted by Gasteiger charge is -2.08. The molecule has 0 aliphatic heterocycles. The highest BCUT2D eigenvalue weighted by atomic mass is 35.5. The summed E-state index contributed by atoms with van der Waals surface area (Å²) in [5.41, 5.74) is 6.32. The molecule has 2 N–H and O–H groups in total. The van der Waals surface area contributed by atoms with Gasteiger partial charge >= 0.3 is 0 Å². The number of carbonyl (C=O) groups is 2. The van der Waals surface area contributed by atoms with Gasteiger partial charge in [0.05, 0.1) is 6.61 Å². The zero-order chi connectivity index (χ0) is 17.4. The minimum absolute atomic E-state index is 0.257. The molecule has 24 heavy (non-hydrogen) atoms. The average Bonchev–Trinajstić information content (AvgIpc) is 2.59. The van der Waals surface area contributed by atoms with Crippen LogP contribution in [0.3, 0.4) is 0 Å². The summed E-state index contributed by atoms with van der Waals surface area (Å²) in [5, 5.41) is 0.546. The van der Waals surface area contributed by atoms with Crippen LogP contribution in [0.25, 0.3) is 0 Å². The van der Waals surface area contributed by atoms with E-state index in [1.165, 1.54) is 0 Å². The Morgan fingerprint density at radius 1 is 1.00 bits per heavy atom. The molecule has 5 nitrogen and oxygen atoms in total. The maximum absolute atomic E-state index is 11.8. The van der Waals surface area contributed by atoms with Crippen LogP contribution in [0, 0.1) is 6.92 Å². The molecule has 0 saturated heterocycles. The summed E-state index contributed by atoms with van der Waals surface area (Å²) in [7, 11) is 0. The van der Waals surface area contributed by atoms with E-state index in [0.29, 0.717) is 23.6 Å². The molecule has 0 aliphatic rings. The fourth-order valence-electron chi connectivity index (χ4n) is 1.92. The van der Waals surface area contributed by atoms with Crippen LogP contribution in [0.15, 0.2) is 48.5 Å². The van der Waals surface area contributed by atoms with Gasteiger partial charge in [0.15, 0.2) is 0 Å². The Kier molecular flexibility index (Phi) is 6.63. The fourth-order valence-corrected chi connectivity index (χ4v) is 2.05. The summed E-state index contributed by atoms with van der Waals surface area (Å²) in [4.78, 5) is 23.5. The molecule has 0 atom stereocenters. The molecule has 2 aromatic carbocycles. The van der Waals surface area contributed by atoms with Crippen LogP contribution in [0.1, 0.15) is 28.8 Å². The van der Waals surface area contributed by atoms with E-state index in [-0.39, 0.29) is 12.3 Å². The first-order valence-corrected chi connectivity index (χ1v) is 7.96. The SMILES string of the molecule is Cc1ccc(OCCCC(=O)NNC(=O)c2ccc(Cl)cc2)cc1. The third kappa shape index (κ3) is 5.93. The molecule has 6 heteroatoms. The third-order valence-corrected chi connectivity index (χ3v) is 3.51. The number of hydrogen-bond donors (Lipinski definition) is 2. The molecule has 0 fully saturated rings. The van der Waals surface area contributed by atoms with E-state index < -0.39 is 5.91 Å². The Hall–Kier alpha value is -2.53. The zero-order valence-corrected chi connectivity index (χ0v) is 14.1. The van der Waals surface area contributed by atoms with E-state index in [1.807, 2.05) is 31.2 Å². The average molecular weight is 347 g/mol. The molecule has 0 aromatic heterocycles. The van der Waals surface area contributed by atoms with Crippen molar-refractivity contribution in [3.05, 3.63) is 64.7 Å². The quantitative estimate of drug-likeness (QED) is 0.623. The number of carbonyl (C=O) groups excluding carboxylic acids is 2. The van der Waals surface area contributed by atoms with Crippen molar-refractivity contribution in [2.75, 3.05) is 6.61 Å². The van der Waals surface area contributed by atoms with Gasteiger partial charge in [-0.05, 0) is 49.7 Å². The Morgan fingerprint density at radius 3 is 2.33 bits per heavy atom. The van der Waals surface area contributed by atoms with Gasteiger partial charge in [-0.15, -0.1) is 0 Å². The van der Waals surface area contributed by atoms with Gasteiger partial charge in [0.1, 0.15) is 5.75 Å². The maximum atomic E-state index is 11.8. The van der Waals surface area contributed by atoms with Crippen molar-refractivity contribution in [2.24, 2.45) is 0 Å². The Balaban J connectivity index is 1.63. The van der Waals surface area contributed by atoms with Crippen molar-refractivity contribution in [3.63, 3.8) is 0 Å². The Morgan fingerprint density at radius 2 is 1.67 bits per heavy atom. The summed E-state index contributed by atoms with van der Waals surface area (Å²) >= 11 is 5.75. The highest BCUT2D eigenvalue weighted by Gasteiger charge is 2.07. The highest BCUT2D eigenvalue weighted by Crippen LogP contribution is 2.12. The lowest BCUT2D eigenvalue weighted by Crippen LogP contribution is -2.41. The van der Waals surface area contributed by atoms with Crippen molar-refractivity contribution in [1.82, 2.24) is 10.9 Å². The smallest absolute Gasteiger partial charge is 0.269 e. The van der Waals surface area contributed by atoms with Gasteiger partial charge in [0.25, 0.3) is 5.91 Å². The number of rotatable bonds is 6. The van der Waals surface area contributed by atoms with Gasteiger partial charge in [0.2, 0.25) is 5.91 Å².